The van der Waals surface area contributed by atoms with Gasteiger partial charge in [0.05, 0.1) is 0 Å². The molecule has 0 amide bonds. The smallest absolute Gasteiger partial charge is 0.0469 e. The third kappa shape index (κ3) is 6.22. The molecule has 2 heteroatoms. The van der Waals surface area contributed by atoms with Gasteiger partial charge < -0.3 is 5.32 Å². The maximum atomic E-state index is 3.57. The van der Waals surface area contributed by atoms with Crippen LogP contribution in [0.3, 0.4) is 0 Å². The molecule has 0 aliphatic heterocycles. The van der Waals surface area contributed by atoms with Crippen LogP contribution in [0.2, 0.25) is 0 Å². The van der Waals surface area contributed by atoms with Crippen molar-refractivity contribution in [3.8, 4) is 0 Å². The Kier molecular flexibility index (Phi) is 6.02. The summed E-state index contributed by atoms with van der Waals surface area (Å²) in [6.07, 6.45) is 0. The molecule has 1 rings (SSSR count). The fourth-order valence-corrected chi connectivity index (χ4v) is 2.41. The van der Waals surface area contributed by atoms with Gasteiger partial charge >= 0.3 is 0 Å². The van der Waals surface area contributed by atoms with Gasteiger partial charge in [0.1, 0.15) is 0 Å². The molecule has 0 spiro atoms. The van der Waals surface area contributed by atoms with E-state index in [2.05, 4.69) is 82.2 Å². The van der Waals surface area contributed by atoms with Crippen LogP contribution >= 0.6 is 0 Å². The van der Waals surface area contributed by atoms with Crippen molar-refractivity contribution in [2.45, 2.75) is 46.7 Å². The van der Waals surface area contributed by atoms with Crippen LogP contribution in [-0.4, -0.2) is 31.1 Å². The van der Waals surface area contributed by atoms with E-state index in [-0.39, 0.29) is 0 Å². The first-order valence-corrected chi connectivity index (χ1v) is 7.28. The number of nitrogens with one attached hydrogen (secondary N) is 1. The Morgan fingerprint density at radius 1 is 1.11 bits per heavy atom. The van der Waals surface area contributed by atoms with E-state index >= 15 is 0 Å². The molecular weight excluding hydrogens is 232 g/mol. The SMILES string of the molecule is CC(C)NCC(c1ccccc1)N(C)CC(C)(C)C. The summed E-state index contributed by atoms with van der Waals surface area (Å²) in [7, 11) is 2.23. The van der Waals surface area contributed by atoms with Crippen molar-refractivity contribution < 1.29 is 0 Å². The van der Waals surface area contributed by atoms with Gasteiger partial charge in [-0.3, -0.25) is 4.90 Å². The number of rotatable bonds is 6. The molecule has 1 unspecified atom stereocenters. The number of hydrogen-bond donors (Lipinski definition) is 1. The topological polar surface area (TPSA) is 15.3 Å². The molecule has 0 heterocycles. The normalized spacial score (nSPS) is 14.1. The number of hydrogen-bond acceptors (Lipinski definition) is 2. The molecule has 1 N–H and O–H groups in total. The Bertz CT molecular complexity index is 351. The van der Waals surface area contributed by atoms with Gasteiger partial charge in [-0.05, 0) is 18.0 Å². The predicted octanol–water partition coefficient (Wildman–Crippen LogP) is 3.70. The zero-order valence-electron chi connectivity index (χ0n) is 13.4. The molecule has 0 saturated heterocycles. The van der Waals surface area contributed by atoms with Crippen molar-refractivity contribution in [3.05, 3.63) is 35.9 Å². The highest BCUT2D eigenvalue weighted by Gasteiger charge is 2.21. The van der Waals surface area contributed by atoms with Gasteiger partial charge in [0, 0.05) is 25.2 Å². The molecule has 2 nitrogen and oxygen atoms in total. The monoisotopic (exact) mass is 262 g/mol. The summed E-state index contributed by atoms with van der Waals surface area (Å²) in [5.74, 6) is 0. The van der Waals surface area contributed by atoms with Crippen molar-refractivity contribution in [2.75, 3.05) is 20.1 Å². The standard InChI is InChI=1S/C17H30N2/c1-14(2)18-12-16(15-10-8-7-9-11-15)19(6)13-17(3,4)5/h7-11,14,16,18H,12-13H2,1-6H3. The summed E-state index contributed by atoms with van der Waals surface area (Å²) >= 11 is 0. The zero-order valence-corrected chi connectivity index (χ0v) is 13.4. The summed E-state index contributed by atoms with van der Waals surface area (Å²) in [4.78, 5) is 2.46. The second kappa shape index (κ2) is 7.06. The van der Waals surface area contributed by atoms with E-state index in [0.717, 1.165) is 13.1 Å². The van der Waals surface area contributed by atoms with Crippen LogP contribution in [0, 0.1) is 5.41 Å². The Labute approximate surface area is 119 Å². The van der Waals surface area contributed by atoms with E-state index < -0.39 is 0 Å². The van der Waals surface area contributed by atoms with Crippen molar-refractivity contribution in [3.63, 3.8) is 0 Å². The van der Waals surface area contributed by atoms with Gasteiger partial charge in [-0.2, -0.15) is 0 Å². The predicted molar refractivity (Wildman–Crippen MR) is 84.4 cm³/mol. The van der Waals surface area contributed by atoms with Crippen molar-refractivity contribution in [1.29, 1.82) is 0 Å². The minimum atomic E-state index is 0.319. The van der Waals surface area contributed by atoms with Gasteiger partial charge in [-0.25, -0.2) is 0 Å². The first kappa shape index (κ1) is 16.2. The molecule has 108 valence electrons. The Morgan fingerprint density at radius 2 is 1.68 bits per heavy atom. The molecule has 0 aromatic heterocycles. The van der Waals surface area contributed by atoms with Gasteiger partial charge in [0.2, 0.25) is 0 Å². The molecular formula is C17H30N2. The first-order valence-electron chi connectivity index (χ1n) is 7.28. The van der Waals surface area contributed by atoms with Crippen molar-refractivity contribution in [1.82, 2.24) is 10.2 Å². The van der Waals surface area contributed by atoms with E-state index in [1.54, 1.807) is 0 Å². The lowest BCUT2D eigenvalue weighted by Crippen LogP contribution is -2.39. The second-order valence-electron chi connectivity index (χ2n) is 6.97. The Balaban J connectivity index is 2.80. The molecule has 19 heavy (non-hydrogen) atoms. The van der Waals surface area contributed by atoms with Gasteiger partial charge in [-0.1, -0.05) is 65.0 Å². The largest absolute Gasteiger partial charge is 0.313 e. The average Bonchev–Trinajstić information content (AvgIpc) is 2.27. The fourth-order valence-electron chi connectivity index (χ4n) is 2.41. The summed E-state index contributed by atoms with van der Waals surface area (Å²) in [6.45, 7) is 13.4. The molecule has 0 radical (unpaired) electrons. The first-order chi connectivity index (χ1) is 8.79. The molecule has 0 fully saturated rings. The summed E-state index contributed by atoms with van der Waals surface area (Å²) in [5, 5.41) is 3.57. The number of nitrogens with zero attached hydrogens (tertiary/aromatic N) is 1. The molecule has 1 atom stereocenters. The Morgan fingerprint density at radius 3 is 2.16 bits per heavy atom. The maximum absolute atomic E-state index is 3.57. The van der Waals surface area contributed by atoms with Gasteiger partial charge in [0.15, 0.2) is 0 Å². The van der Waals surface area contributed by atoms with E-state index in [9.17, 15) is 0 Å². The minimum absolute atomic E-state index is 0.319. The zero-order chi connectivity index (χ0) is 14.5. The lowest BCUT2D eigenvalue weighted by Gasteiger charge is -2.34. The third-order valence-electron chi connectivity index (χ3n) is 3.16. The van der Waals surface area contributed by atoms with E-state index in [1.807, 2.05) is 0 Å². The molecule has 0 aliphatic rings. The molecule has 0 aliphatic carbocycles. The van der Waals surface area contributed by atoms with Crippen LogP contribution in [0.4, 0.5) is 0 Å². The van der Waals surface area contributed by atoms with E-state index in [1.165, 1.54) is 5.56 Å². The fraction of sp³-hybridized carbons (Fsp3) is 0.647. The quantitative estimate of drug-likeness (QED) is 0.841. The second-order valence-corrected chi connectivity index (χ2v) is 6.97. The highest BCUT2D eigenvalue weighted by atomic mass is 15.2. The van der Waals surface area contributed by atoms with Crippen molar-refractivity contribution in [2.24, 2.45) is 5.41 Å². The third-order valence-corrected chi connectivity index (χ3v) is 3.16. The van der Waals surface area contributed by atoms with Gasteiger partial charge in [-0.15, -0.1) is 0 Å². The lowest BCUT2D eigenvalue weighted by atomic mass is 9.94. The number of benzene rings is 1. The minimum Gasteiger partial charge on any atom is -0.313 e. The summed E-state index contributed by atoms with van der Waals surface area (Å²) in [6, 6.07) is 11.8. The highest BCUT2D eigenvalue weighted by molar-refractivity contribution is 5.19. The van der Waals surface area contributed by atoms with Crippen LogP contribution in [0.25, 0.3) is 0 Å². The van der Waals surface area contributed by atoms with Crippen LogP contribution < -0.4 is 5.32 Å². The molecule has 0 bridgehead atoms. The lowest BCUT2D eigenvalue weighted by molar-refractivity contribution is 0.167. The summed E-state index contributed by atoms with van der Waals surface area (Å²) in [5.41, 5.74) is 1.71. The van der Waals surface area contributed by atoms with E-state index in [0.29, 0.717) is 17.5 Å². The Hall–Kier alpha value is -0.860. The van der Waals surface area contributed by atoms with Crippen LogP contribution in [0.15, 0.2) is 30.3 Å². The highest BCUT2D eigenvalue weighted by Crippen LogP contribution is 2.23. The van der Waals surface area contributed by atoms with Crippen LogP contribution in [0.5, 0.6) is 0 Å². The molecule has 1 aromatic rings. The average molecular weight is 262 g/mol. The van der Waals surface area contributed by atoms with Gasteiger partial charge in [0.25, 0.3) is 0 Å². The number of likely N-dealkylation sites (N-methyl/N-ethyl adjacent to an activating group) is 1. The van der Waals surface area contributed by atoms with Crippen molar-refractivity contribution >= 4 is 0 Å². The maximum Gasteiger partial charge on any atom is 0.0469 e. The van der Waals surface area contributed by atoms with Crippen LogP contribution in [0.1, 0.15) is 46.2 Å². The van der Waals surface area contributed by atoms with Crippen LogP contribution in [-0.2, 0) is 0 Å². The molecule has 0 saturated carbocycles. The molecule has 1 aromatic carbocycles. The van der Waals surface area contributed by atoms with E-state index in [4.69, 9.17) is 0 Å². The summed E-state index contributed by atoms with van der Waals surface area (Å²) < 4.78 is 0.